The molecular formula is C19H21FN2O2. The van der Waals surface area contributed by atoms with Gasteiger partial charge in [-0.3, -0.25) is 9.59 Å². The predicted octanol–water partition coefficient (Wildman–Crippen LogP) is 2.85. The Morgan fingerprint density at radius 1 is 1.12 bits per heavy atom. The number of likely N-dealkylation sites (N-methyl/N-ethyl adjacent to an activating group) is 1. The molecule has 1 N–H and O–H groups in total. The van der Waals surface area contributed by atoms with Gasteiger partial charge in [-0.2, -0.15) is 0 Å². The van der Waals surface area contributed by atoms with Gasteiger partial charge in [0, 0.05) is 18.8 Å². The lowest BCUT2D eigenvalue weighted by Crippen LogP contribution is -2.43. The number of carbonyl (C=O) groups is 2. The van der Waals surface area contributed by atoms with E-state index in [2.05, 4.69) is 5.32 Å². The molecule has 0 aliphatic heterocycles. The van der Waals surface area contributed by atoms with Crippen molar-refractivity contribution in [2.75, 3.05) is 18.0 Å². The Kier molecular flexibility index (Phi) is 6.07. The number of carbonyl (C=O) groups excluding carboxylic acids is 2. The molecule has 0 atom stereocenters. The van der Waals surface area contributed by atoms with Crippen molar-refractivity contribution in [3.63, 3.8) is 0 Å². The summed E-state index contributed by atoms with van der Waals surface area (Å²) in [6.45, 7) is 4.34. The van der Waals surface area contributed by atoms with Gasteiger partial charge in [0.05, 0.1) is 0 Å². The zero-order chi connectivity index (χ0) is 17.5. The number of anilines is 1. The number of hydrogen-bond donors (Lipinski definition) is 1. The summed E-state index contributed by atoms with van der Waals surface area (Å²) in [5.41, 5.74) is 2.21. The molecule has 0 spiro atoms. The fourth-order valence-corrected chi connectivity index (χ4v) is 2.45. The third-order valence-electron chi connectivity index (χ3n) is 3.71. The van der Waals surface area contributed by atoms with Crippen LogP contribution in [0.4, 0.5) is 10.1 Å². The number of benzene rings is 2. The van der Waals surface area contributed by atoms with Gasteiger partial charge in [0.2, 0.25) is 0 Å². The number of nitrogens with one attached hydrogen (secondary N) is 1. The topological polar surface area (TPSA) is 49.4 Å². The lowest BCUT2D eigenvalue weighted by atomic mass is 10.1. The van der Waals surface area contributed by atoms with E-state index < -0.39 is 11.8 Å². The van der Waals surface area contributed by atoms with Crippen LogP contribution < -0.4 is 10.2 Å². The fraction of sp³-hybridized carbons (Fsp3) is 0.263. The first kappa shape index (κ1) is 17.7. The standard InChI is InChI=1S/C19H21FN2O2/c1-3-22(16-9-6-7-14(2)13-16)19(24)18(23)21-12-11-15-8-4-5-10-17(15)20/h4-10,13H,3,11-12H2,1-2H3,(H,21,23). The molecule has 4 nitrogen and oxygen atoms in total. The zero-order valence-corrected chi connectivity index (χ0v) is 13.9. The number of rotatable bonds is 5. The van der Waals surface area contributed by atoms with Crippen LogP contribution in [0.2, 0.25) is 0 Å². The average molecular weight is 328 g/mol. The van der Waals surface area contributed by atoms with Crippen molar-refractivity contribution in [2.45, 2.75) is 20.3 Å². The smallest absolute Gasteiger partial charge is 0.316 e. The van der Waals surface area contributed by atoms with E-state index in [-0.39, 0.29) is 12.4 Å². The first-order valence-electron chi connectivity index (χ1n) is 7.92. The predicted molar refractivity (Wildman–Crippen MR) is 92.3 cm³/mol. The van der Waals surface area contributed by atoms with Gasteiger partial charge < -0.3 is 10.2 Å². The van der Waals surface area contributed by atoms with Crippen LogP contribution in [-0.4, -0.2) is 24.9 Å². The second-order valence-electron chi connectivity index (χ2n) is 5.49. The lowest BCUT2D eigenvalue weighted by Gasteiger charge is -2.20. The number of nitrogens with zero attached hydrogens (tertiary/aromatic N) is 1. The Bertz CT molecular complexity index is 731. The van der Waals surface area contributed by atoms with Gasteiger partial charge in [0.1, 0.15) is 5.82 Å². The minimum Gasteiger partial charge on any atom is -0.347 e. The highest BCUT2D eigenvalue weighted by molar-refractivity contribution is 6.40. The molecule has 2 rings (SSSR count). The minimum absolute atomic E-state index is 0.205. The average Bonchev–Trinajstić information content (AvgIpc) is 2.57. The van der Waals surface area contributed by atoms with Gasteiger partial charge >= 0.3 is 11.8 Å². The number of aryl methyl sites for hydroxylation is 1. The van der Waals surface area contributed by atoms with Crippen molar-refractivity contribution in [1.29, 1.82) is 0 Å². The molecule has 0 bridgehead atoms. The molecule has 0 heterocycles. The highest BCUT2D eigenvalue weighted by atomic mass is 19.1. The molecule has 2 aromatic carbocycles. The molecule has 0 aliphatic rings. The summed E-state index contributed by atoms with van der Waals surface area (Å²) >= 11 is 0. The van der Waals surface area contributed by atoms with E-state index >= 15 is 0 Å². The lowest BCUT2D eigenvalue weighted by molar-refractivity contribution is -0.137. The number of hydrogen-bond acceptors (Lipinski definition) is 2. The Morgan fingerprint density at radius 3 is 2.54 bits per heavy atom. The zero-order valence-electron chi connectivity index (χ0n) is 13.9. The third kappa shape index (κ3) is 4.41. The molecule has 0 saturated heterocycles. The van der Waals surface area contributed by atoms with Gasteiger partial charge in [0.25, 0.3) is 0 Å². The normalized spacial score (nSPS) is 10.3. The molecule has 0 aromatic heterocycles. The summed E-state index contributed by atoms with van der Waals surface area (Å²) in [5, 5.41) is 2.56. The van der Waals surface area contributed by atoms with E-state index in [4.69, 9.17) is 0 Å². The van der Waals surface area contributed by atoms with Gasteiger partial charge in [-0.05, 0) is 49.6 Å². The van der Waals surface area contributed by atoms with Crippen LogP contribution in [-0.2, 0) is 16.0 Å². The van der Waals surface area contributed by atoms with E-state index in [1.165, 1.54) is 11.0 Å². The minimum atomic E-state index is -0.685. The second-order valence-corrected chi connectivity index (χ2v) is 5.49. The van der Waals surface area contributed by atoms with Crippen LogP contribution in [0.1, 0.15) is 18.1 Å². The Labute approximate surface area is 141 Å². The van der Waals surface area contributed by atoms with Crippen molar-refractivity contribution in [1.82, 2.24) is 5.32 Å². The van der Waals surface area contributed by atoms with Crippen molar-refractivity contribution in [3.8, 4) is 0 Å². The monoisotopic (exact) mass is 328 g/mol. The largest absolute Gasteiger partial charge is 0.347 e. The SMILES string of the molecule is CCN(C(=O)C(=O)NCCc1ccccc1F)c1cccc(C)c1. The van der Waals surface area contributed by atoms with Crippen LogP contribution in [0.15, 0.2) is 48.5 Å². The van der Waals surface area contributed by atoms with Crippen LogP contribution in [0, 0.1) is 12.7 Å². The Hall–Kier alpha value is -2.69. The van der Waals surface area contributed by atoms with Crippen LogP contribution in [0.3, 0.4) is 0 Å². The van der Waals surface area contributed by atoms with E-state index in [1.807, 2.05) is 32.0 Å². The molecule has 0 fully saturated rings. The summed E-state index contributed by atoms with van der Waals surface area (Å²) < 4.78 is 13.5. The molecule has 0 aliphatic carbocycles. The highest BCUT2D eigenvalue weighted by Crippen LogP contribution is 2.16. The maximum Gasteiger partial charge on any atom is 0.316 e. The van der Waals surface area contributed by atoms with Gasteiger partial charge in [-0.1, -0.05) is 30.3 Å². The summed E-state index contributed by atoms with van der Waals surface area (Å²) in [7, 11) is 0. The highest BCUT2D eigenvalue weighted by Gasteiger charge is 2.21. The third-order valence-corrected chi connectivity index (χ3v) is 3.71. The first-order chi connectivity index (χ1) is 11.5. The Morgan fingerprint density at radius 2 is 1.88 bits per heavy atom. The summed E-state index contributed by atoms with van der Waals surface area (Å²) in [4.78, 5) is 25.8. The van der Waals surface area contributed by atoms with Crippen molar-refractivity contribution in [2.24, 2.45) is 0 Å². The van der Waals surface area contributed by atoms with E-state index in [0.29, 0.717) is 24.2 Å². The summed E-state index contributed by atoms with van der Waals surface area (Å²) in [6, 6.07) is 13.8. The maximum atomic E-state index is 13.5. The molecule has 2 amide bonds. The first-order valence-corrected chi connectivity index (χ1v) is 7.92. The quantitative estimate of drug-likeness (QED) is 0.858. The van der Waals surface area contributed by atoms with Gasteiger partial charge in [-0.15, -0.1) is 0 Å². The summed E-state index contributed by atoms with van der Waals surface area (Å²) in [5.74, 6) is -1.61. The molecule has 0 unspecified atom stereocenters. The summed E-state index contributed by atoms with van der Waals surface area (Å²) in [6.07, 6.45) is 0.336. The van der Waals surface area contributed by atoms with Crippen molar-refractivity contribution < 1.29 is 14.0 Å². The molecule has 24 heavy (non-hydrogen) atoms. The van der Waals surface area contributed by atoms with Gasteiger partial charge in [-0.25, -0.2) is 4.39 Å². The van der Waals surface area contributed by atoms with Crippen molar-refractivity contribution >= 4 is 17.5 Å². The second kappa shape index (κ2) is 8.24. The molecule has 5 heteroatoms. The molecule has 0 radical (unpaired) electrons. The van der Waals surface area contributed by atoms with Crippen LogP contribution in [0.5, 0.6) is 0 Å². The maximum absolute atomic E-state index is 13.5. The van der Waals surface area contributed by atoms with Crippen molar-refractivity contribution in [3.05, 3.63) is 65.5 Å². The molecular weight excluding hydrogens is 307 g/mol. The van der Waals surface area contributed by atoms with E-state index in [9.17, 15) is 14.0 Å². The molecule has 126 valence electrons. The van der Waals surface area contributed by atoms with Crippen LogP contribution in [0.25, 0.3) is 0 Å². The van der Waals surface area contributed by atoms with Crippen LogP contribution >= 0.6 is 0 Å². The number of amides is 2. The van der Waals surface area contributed by atoms with Gasteiger partial charge in [0.15, 0.2) is 0 Å². The molecule has 2 aromatic rings. The van der Waals surface area contributed by atoms with E-state index in [1.54, 1.807) is 24.3 Å². The van der Waals surface area contributed by atoms with E-state index in [0.717, 1.165) is 5.56 Å². The fourth-order valence-electron chi connectivity index (χ4n) is 2.45. The number of halogens is 1. The Balaban J connectivity index is 1.95. The molecule has 0 saturated carbocycles.